The topological polar surface area (TPSA) is 44.8 Å². The van der Waals surface area contributed by atoms with E-state index in [0.29, 0.717) is 5.92 Å². The van der Waals surface area contributed by atoms with Crippen molar-refractivity contribution in [3.8, 4) is 5.75 Å². The molecule has 1 aliphatic heterocycles. The summed E-state index contributed by atoms with van der Waals surface area (Å²) in [6.07, 6.45) is 2.32. The molecule has 1 heterocycles. The van der Waals surface area contributed by atoms with Gasteiger partial charge in [-0.15, -0.1) is 0 Å². The van der Waals surface area contributed by atoms with Crippen molar-refractivity contribution in [2.45, 2.75) is 26.7 Å². The Hall–Kier alpha value is -1.59. The van der Waals surface area contributed by atoms with E-state index in [9.17, 15) is 4.79 Å². The van der Waals surface area contributed by atoms with Crippen LogP contribution in [-0.2, 0) is 4.79 Å². The minimum atomic E-state index is -0.0315. The second-order valence-electron chi connectivity index (χ2n) is 7.45. The first-order chi connectivity index (χ1) is 11.9. The van der Waals surface area contributed by atoms with E-state index in [1.807, 2.05) is 32.0 Å². The van der Waals surface area contributed by atoms with Gasteiger partial charge in [-0.3, -0.25) is 4.79 Å². The van der Waals surface area contributed by atoms with E-state index >= 15 is 0 Å². The van der Waals surface area contributed by atoms with Gasteiger partial charge in [0, 0.05) is 19.6 Å². The molecular weight excluding hydrogens is 314 g/mol. The van der Waals surface area contributed by atoms with Gasteiger partial charge in [0.25, 0.3) is 5.91 Å². The first-order valence-electron chi connectivity index (χ1n) is 9.28. The lowest BCUT2D eigenvalue weighted by Crippen LogP contribution is -2.41. The molecule has 2 rings (SSSR count). The summed E-state index contributed by atoms with van der Waals surface area (Å²) in [6, 6.07) is 6.05. The average molecular weight is 348 g/mol. The summed E-state index contributed by atoms with van der Waals surface area (Å²) in [5, 5.41) is 3.03. The van der Waals surface area contributed by atoms with Gasteiger partial charge < -0.3 is 19.9 Å². The molecule has 0 bridgehead atoms. The molecule has 0 atom stereocenters. The number of ether oxygens (including phenoxy) is 1. The predicted molar refractivity (Wildman–Crippen MR) is 102 cm³/mol. The lowest BCUT2D eigenvalue weighted by molar-refractivity contribution is -0.123. The SMILES string of the molecule is Cc1ccc(C)c(OCC(=O)NCC2CCN(CCN(C)C)CC2)c1. The highest BCUT2D eigenvalue weighted by molar-refractivity contribution is 5.77. The lowest BCUT2D eigenvalue weighted by atomic mass is 9.97. The number of hydrogen-bond donors (Lipinski definition) is 1. The molecule has 0 aliphatic carbocycles. The molecular formula is C20H33N3O2. The Morgan fingerprint density at radius 1 is 1.28 bits per heavy atom. The number of carbonyl (C=O) groups is 1. The van der Waals surface area contributed by atoms with Crippen molar-refractivity contribution >= 4 is 5.91 Å². The zero-order valence-electron chi connectivity index (χ0n) is 16.2. The largest absolute Gasteiger partial charge is 0.483 e. The number of piperidine rings is 1. The molecule has 1 aliphatic rings. The van der Waals surface area contributed by atoms with Crippen molar-refractivity contribution in [3.63, 3.8) is 0 Å². The minimum Gasteiger partial charge on any atom is -0.483 e. The summed E-state index contributed by atoms with van der Waals surface area (Å²) in [4.78, 5) is 16.8. The number of likely N-dealkylation sites (tertiary alicyclic amines) is 1. The number of amides is 1. The number of rotatable bonds is 8. The Morgan fingerprint density at radius 2 is 2.00 bits per heavy atom. The quantitative estimate of drug-likeness (QED) is 0.782. The molecule has 0 radical (unpaired) electrons. The molecule has 1 aromatic rings. The normalized spacial score (nSPS) is 16.2. The van der Waals surface area contributed by atoms with Gasteiger partial charge in [-0.2, -0.15) is 0 Å². The van der Waals surface area contributed by atoms with Crippen LogP contribution in [0.1, 0.15) is 24.0 Å². The first-order valence-corrected chi connectivity index (χ1v) is 9.28. The van der Waals surface area contributed by atoms with Crippen LogP contribution in [0.4, 0.5) is 0 Å². The molecule has 0 saturated carbocycles. The van der Waals surface area contributed by atoms with Crippen molar-refractivity contribution in [3.05, 3.63) is 29.3 Å². The van der Waals surface area contributed by atoms with Crippen LogP contribution in [0.3, 0.4) is 0 Å². The standard InChI is InChI=1S/C20H33N3O2/c1-16-5-6-17(2)19(13-16)25-15-20(24)21-14-18-7-9-23(10-8-18)12-11-22(3)4/h5-6,13,18H,7-12,14-15H2,1-4H3,(H,21,24). The second kappa shape index (κ2) is 9.78. The van der Waals surface area contributed by atoms with Gasteiger partial charge in [-0.05, 0) is 77.0 Å². The zero-order valence-corrected chi connectivity index (χ0v) is 16.2. The molecule has 1 amide bonds. The van der Waals surface area contributed by atoms with Crippen LogP contribution >= 0.6 is 0 Å². The van der Waals surface area contributed by atoms with Gasteiger partial charge in [0.05, 0.1) is 0 Å². The van der Waals surface area contributed by atoms with Crippen molar-refractivity contribution in [1.82, 2.24) is 15.1 Å². The predicted octanol–water partition coefficient (Wildman–Crippen LogP) is 2.07. The van der Waals surface area contributed by atoms with Crippen molar-refractivity contribution in [2.75, 3.05) is 53.4 Å². The fraction of sp³-hybridized carbons (Fsp3) is 0.650. The lowest BCUT2D eigenvalue weighted by Gasteiger charge is -2.32. The summed E-state index contributed by atoms with van der Waals surface area (Å²) >= 11 is 0. The molecule has 5 nitrogen and oxygen atoms in total. The molecule has 1 N–H and O–H groups in total. The minimum absolute atomic E-state index is 0.0315. The summed E-state index contributed by atoms with van der Waals surface area (Å²) in [7, 11) is 4.23. The number of aryl methyl sites for hydroxylation is 2. The van der Waals surface area contributed by atoms with Gasteiger partial charge in [-0.1, -0.05) is 12.1 Å². The molecule has 0 unspecified atom stereocenters. The van der Waals surface area contributed by atoms with Gasteiger partial charge in [0.15, 0.2) is 6.61 Å². The molecule has 25 heavy (non-hydrogen) atoms. The summed E-state index contributed by atoms with van der Waals surface area (Å²) < 4.78 is 5.67. The maximum absolute atomic E-state index is 12.0. The van der Waals surface area contributed by atoms with E-state index in [1.165, 1.54) is 0 Å². The van der Waals surface area contributed by atoms with Gasteiger partial charge >= 0.3 is 0 Å². The highest BCUT2D eigenvalue weighted by Gasteiger charge is 2.19. The van der Waals surface area contributed by atoms with Crippen LogP contribution in [0.2, 0.25) is 0 Å². The van der Waals surface area contributed by atoms with E-state index in [0.717, 1.165) is 62.4 Å². The maximum Gasteiger partial charge on any atom is 0.257 e. The van der Waals surface area contributed by atoms with E-state index in [2.05, 4.69) is 29.2 Å². The molecule has 1 aromatic carbocycles. The zero-order chi connectivity index (χ0) is 18.2. The third-order valence-corrected chi connectivity index (χ3v) is 4.86. The number of nitrogens with zero attached hydrogens (tertiary/aromatic N) is 2. The van der Waals surface area contributed by atoms with E-state index in [-0.39, 0.29) is 12.5 Å². The Labute approximate surface area is 152 Å². The summed E-state index contributed by atoms with van der Waals surface area (Å²) in [5.41, 5.74) is 2.20. The Balaban J connectivity index is 1.63. The summed E-state index contributed by atoms with van der Waals surface area (Å²) in [5.74, 6) is 1.35. The number of nitrogens with one attached hydrogen (secondary N) is 1. The average Bonchev–Trinajstić information content (AvgIpc) is 2.59. The molecule has 1 fully saturated rings. The van der Waals surface area contributed by atoms with Gasteiger partial charge in [-0.25, -0.2) is 0 Å². The Kier molecular flexibility index (Phi) is 7.72. The second-order valence-corrected chi connectivity index (χ2v) is 7.45. The van der Waals surface area contributed by atoms with E-state index in [4.69, 9.17) is 4.74 Å². The van der Waals surface area contributed by atoms with Crippen LogP contribution in [0.15, 0.2) is 18.2 Å². The molecule has 5 heteroatoms. The maximum atomic E-state index is 12.0. The van der Waals surface area contributed by atoms with Gasteiger partial charge in [0.1, 0.15) is 5.75 Å². The Morgan fingerprint density at radius 3 is 2.68 bits per heavy atom. The van der Waals surface area contributed by atoms with Crippen molar-refractivity contribution < 1.29 is 9.53 Å². The molecule has 140 valence electrons. The van der Waals surface area contributed by atoms with Crippen molar-refractivity contribution in [2.24, 2.45) is 5.92 Å². The fourth-order valence-corrected chi connectivity index (χ4v) is 3.07. The highest BCUT2D eigenvalue weighted by Crippen LogP contribution is 2.19. The van der Waals surface area contributed by atoms with Crippen molar-refractivity contribution in [1.29, 1.82) is 0 Å². The highest BCUT2D eigenvalue weighted by atomic mass is 16.5. The number of carbonyl (C=O) groups excluding carboxylic acids is 1. The monoisotopic (exact) mass is 347 g/mol. The van der Waals surface area contributed by atoms with Crippen LogP contribution in [-0.4, -0.2) is 69.1 Å². The number of likely N-dealkylation sites (N-methyl/N-ethyl adjacent to an activating group) is 1. The van der Waals surface area contributed by atoms with Gasteiger partial charge in [0.2, 0.25) is 0 Å². The Bertz CT molecular complexity index is 552. The fourth-order valence-electron chi connectivity index (χ4n) is 3.07. The smallest absolute Gasteiger partial charge is 0.257 e. The van der Waals surface area contributed by atoms with Crippen LogP contribution in [0, 0.1) is 19.8 Å². The van der Waals surface area contributed by atoms with Crippen LogP contribution < -0.4 is 10.1 Å². The molecule has 0 aromatic heterocycles. The number of hydrogen-bond acceptors (Lipinski definition) is 4. The third-order valence-electron chi connectivity index (χ3n) is 4.86. The molecule has 0 spiro atoms. The summed E-state index contributed by atoms with van der Waals surface area (Å²) in [6.45, 7) is 9.38. The first kappa shape index (κ1) is 19.7. The number of benzene rings is 1. The third kappa shape index (κ3) is 7.04. The van der Waals surface area contributed by atoms with Crippen LogP contribution in [0.25, 0.3) is 0 Å². The van der Waals surface area contributed by atoms with Crippen LogP contribution in [0.5, 0.6) is 5.75 Å². The van der Waals surface area contributed by atoms with E-state index in [1.54, 1.807) is 0 Å². The molecule has 1 saturated heterocycles. The van der Waals surface area contributed by atoms with E-state index < -0.39 is 0 Å².